The summed E-state index contributed by atoms with van der Waals surface area (Å²) in [6, 6.07) is 8.66. The highest BCUT2D eigenvalue weighted by atomic mass is 127. The lowest BCUT2D eigenvalue weighted by atomic mass is 10.0. The number of aliphatic hydroxyl groups is 1. The third kappa shape index (κ3) is 7.40. The molecule has 1 unspecified atom stereocenters. The zero-order chi connectivity index (χ0) is 17.9. The summed E-state index contributed by atoms with van der Waals surface area (Å²) in [5, 5.41) is 16.2. The molecule has 1 aromatic carbocycles. The maximum absolute atomic E-state index is 9.44. The summed E-state index contributed by atoms with van der Waals surface area (Å²) in [6.07, 6.45) is 5.27. The topological polar surface area (TPSA) is 59.9 Å². The van der Waals surface area contributed by atoms with Crippen LogP contribution in [0.1, 0.15) is 50.7 Å². The number of nitrogens with one attached hydrogen (secondary N) is 2. The van der Waals surface area contributed by atoms with Crippen LogP contribution in [0.3, 0.4) is 0 Å². The summed E-state index contributed by atoms with van der Waals surface area (Å²) in [5.41, 5.74) is 2.02. The van der Waals surface area contributed by atoms with Crippen LogP contribution in [0.5, 0.6) is 0 Å². The van der Waals surface area contributed by atoms with E-state index in [1.165, 1.54) is 32.2 Å². The number of halogens is 1. The molecule has 1 aliphatic heterocycles. The number of guanidine groups is 1. The van der Waals surface area contributed by atoms with E-state index in [1.54, 1.807) is 0 Å². The summed E-state index contributed by atoms with van der Waals surface area (Å²) < 4.78 is 0. The summed E-state index contributed by atoms with van der Waals surface area (Å²) in [5.74, 6) is 0.848. The monoisotopic (exact) mass is 474 g/mol. The van der Waals surface area contributed by atoms with Crippen molar-refractivity contribution >= 4 is 29.9 Å². The molecule has 0 amide bonds. The standard InChI is InChI=1S/C20H34N4O.HI/c1-3-19-11-7-8-13-24(19)14-12-22-20(21-4-2)23-15-17-9-5-6-10-18(17)16-25;/h5-6,9-10,19,25H,3-4,7-8,11-16H2,1-2H3,(H2,21,22,23);1H. The summed E-state index contributed by atoms with van der Waals surface area (Å²) in [7, 11) is 0. The van der Waals surface area contributed by atoms with Crippen molar-refractivity contribution in [3.8, 4) is 0 Å². The van der Waals surface area contributed by atoms with Gasteiger partial charge in [0, 0.05) is 25.7 Å². The van der Waals surface area contributed by atoms with Gasteiger partial charge in [0.15, 0.2) is 5.96 Å². The maximum atomic E-state index is 9.44. The highest BCUT2D eigenvalue weighted by Crippen LogP contribution is 2.18. The average Bonchev–Trinajstić information content (AvgIpc) is 2.66. The molecule has 0 saturated carbocycles. The van der Waals surface area contributed by atoms with Crippen molar-refractivity contribution in [1.82, 2.24) is 15.5 Å². The van der Waals surface area contributed by atoms with E-state index in [-0.39, 0.29) is 30.6 Å². The van der Waals surface area contributed by atoms with Gasteiger partial charge >= 0.3 is 0 Å². The van der Waals surface area contributed by atoms with Crippen molar-refractivity contribution in [1.29, 1.82) is 0 Å². The minimum atomic E-state index is 0. The molecule has 3 N–H and O–H groups in total. The molecule has 1 fully saturated rings. The molecule has 0 bridgehead atoms. The Morgan fingerprint density at radius 2 is 1.96 bits per heavy atom. The van der Waals surface area contributed by atoms with Gasteiger partial charge in [-0.15, -0.1) is 24.0 Å². The Morgan fingerprint density at radius 3 is 2.65 bits per heavy atom. The highest BCUT2D eigenvalue weighted by molar-refractivity contribution is 14.0. The molecule has 1 heterocycles. The van der Waals surface area contributed by atoms with Crippen molar-refractivity contribution in [2.45, 2.75) is 58.7 Å². The van der Waals surface area contributed by atoms with E-state index in [1.807, 2.05) is 24.3 Å². The first-order valence-electron chi connectivity index (χ1n) is 9.72. The van der Waals surface area contributed by atoms with Gasteiger partial charge in [0.1, 0.15) is 0 Å². The Morgan fingerprint density at radius 1 is 1.19 bits per heavy atom. The van der Waals surface area contributed by atoms with Crippen LogP contribution >= 0.6 is 24.0 Å². The summed E-state index contributed by atoms with van der Waals surface area (Å²) >= 11 is 0. The number of aliphatic imine (C=N–C) groups is 1. The first kappa shape index (κ1) is 23.2. The van der Waals surface area contributed by atoms with Crippen LogP contribution in [0.4, 0.5) is 0 Å². The van der Waals surface area contributed by atoms with E-state index in [9.17, 15) is 5.11 Å². The Kier molecular flexibility index (Phi) is 11.9. The van der Waals surface area contributed by atoms with Gasteiger partial charge < -0.3 is 15.7 Å². The van der Waals surface area contributed by atoms with Crippen LogP contribution in [0.25, 0.3) is 0 Å². The van der Waals surface area contributed by atoms with Crippen LogP contribution in [0, 0.1) is 0 Å². The van der Waals surface area contributed by atoms with Crippen molar-refractivity contribution in [3.05, 3.63) is 35.4 Å². The van der Waals surface area contributed by atoms with Crippen molar-refractivity contribution < 1.29 is 5.11 Å². The predicted molar refractivity (Wildman–Crippen MR) is 120 cm³/mol. The predicted octanol–water partition coefficient (Wildman–Crippen LogP) is 3.12. The first-order chi connectivity index (χ1) is 12.3. The zero-order valence-electron chi connectivity index (χ0n) is 16.2. The molecule has 148 valence electrons. The fraction of sp³-hybridized carbons (Fsp3) is 0.650. The second-order valence-electron chi connectivity index (χ2n) is 6.64. The van der Waals surface area contributed by atoms with E-state index in [2.05, 4.69) is 34.4 Å². The molecule has 0 radical (unpaired) electrons. The van der Waals surface area contributed by atoms with Gasteiger partial charge in [-0.05, 0) is 43.9 Å². The molecular formula is C20H35IN4O. The van der Waals surface area contributed by atoms with Crippen LogP contribution in [0.15, 0.2) is 29.3 Å². The number of likely N-dealkylation sites (tertiary alicyclic amines) is 1. The smallest absolute Gasteiger partial charge is 0.191 e. The quantitative estimate of drug-likeness (QED) is 0.308. The number of rotatable bonds is 8. The van der Waals surface area contributed by atoms with Gasteiger partial charge in [-0.1, -0.05) is 37.6 Å². The van der Waals surface area contributed by atoms with Crippen molar-refractivity contribution in [2.75, 3.05) is 26.2 Å². The van der Waals surface area contributed by atoms with Crippen molar-refractivity contribution in [3.63, 3.8) is 0 Å². The Labute approximate surface area is 175 Å². The Hall–Kier alpha value is -0.860. The summed E-state index contributed by atoms with van der Waals surface area (Å²) in [6.45, 7) is 9.04. The highest BCUT2D eigenvalue weighted by Gasteiger charge is 2.19. The number of hydrogen-bond acceptors (Lipinski definition) is 3. The molecule has 0 aromatic heterocycles. The minimum Gasteiger partial charge on any atom is -0.392 e. The molecule has 0 spiro atoms. The van der Waals surface area contributed by atoms with Gasteiger partial charge in [-0.2, -0.15) is 0 Å². The van der Waals surface area contributed by atoms with E-state index < -0.39 is 0 Å². The molecule has 5 nitrogen and oxygen atoms in total. The molecular weight excluding hydrogens is 439 g/mol. The molecule has 1 aliphatic rings. The second kappa shape index (κ2) is 13.3. The molecule has 1 saturated heterocycles. The Balaban J connectivity index is 0.00000338. The number of aliphatic hydroxyl groups excluding tert-OH is 1. The molecule has 1 aromatic rings. The maximum Gasteiger partial charge on any atom is 0.191 e. The Bertz CT molecular complexity index is 538. The van der Waals surface area contributed by atoms with Gasteiger partial charge in [0.25, 0.3) is 0 Å². The third-order valence-electron chi connectivity index (χ3n) is 4.95. The number of hydrogen-bond donors (Lipinski definition) is 3. The molecule has 1 atom stereocenters. The average molecular weight is 474 g/mol. The molecule has 26 heavy (non-hydrogen) atoms. The molecule has 2 rings (SSSR count). The lowest BCUT2D eigenvalue weighted by Crippen LogP contribution is -2.45. The fourth-order valence-electron chi connectivity index (χ4n) is 3.51. The molecule has 6 heteroatoms. The zero-order valence-corrected chi connectivity index (χ0v) is 18.5. The normalized spacial score (nSPS) is 18.3. The van der Waals surface area contributed by atoms with Crippen LogP contribution < -0.4 is 10.6 Å². The van der Waals surface area contributed by atoms with Crippen molar-refractivity contribution in [2.24, 2.45) is 4.99 Å². The van der Waals surface area contributed by atoms with E-state index >= 15 is 0 Å². The first-order valence-corrected chi connectivity index (χ1v) is 9.72. The van der Waals surface area contributed by atoms with E-state index in [0.29, 0.717) is 6.54 Å². The lowest BCUT2D eigenvalue weighted by molar-refractivity contribution is 0.147. The number of piperidine rings is 1. The van der Waals surface area contributed by atoms with Gasteiger partial charge in [-0.25, -0.2) is 4.99 Å². The van der Waals surface area contributed by atoms with E-state index in [4.69, 9.17) is 0 Å². The fourth-order valence-corrected chi connectivity index (χ4v) is 3.51. The second-order valence-corrected chi connectivity index (χ2v) is 6.64. The third-order valence-corrected chi connectivity index (χ3v) is 4.95. The van der Waals surface area contributed by atoms with Gasteiger partial charge in [0.2, 0.25) is 0 Å². The van der Waals surface area contributed by atoms with Crippen LogP contribution in [-0.4, -0.2) is 48.2 Å². The van der Waals surface area contributed by atoms with Gasteiger partial charge in [-0.3, -0.25) is 4.90 Å². The SMILES string of the molecule is CCNC(=NCc1ccccc1CO)NCCN1CCCCC1CC.I. The van der Waals surface area contributed by atoms with Gasteiger partial charge in [0.05, 0.1) is 13.2 Å². The van der Waals surface area contributed by atoms with Crippen LogP contribution in [-0.2, 0) is 13.2 Å². The summed E-state index contributed by atoms with van der Waals surface area (Å²) in [4.78, 5) is 7.29. The van der Waals surface area contributed by atoms with Crippen LogP contribution in [0.2, 0.25) is 0 Å². The lowest BCUT2D eigenvalue weighted by Gasteiger charge is -2.35. The number of benzene rings is 1. The molecule has 0 aliphatic carbocycles. The van der Waals surface area contributed by atoms with E-state index in [0.717, 1.165) is 42.8 Å². The number of nitrogens with zero attached hydrogens (tertiary/aromatic N) is 2. The minimum absolute atomic E-state index is 0. The largest absolute Gasteiger partial charge is 0.392 e.